The Balaban J connectivity index is 1.68. The zero-order valence-corrected chi connectivity index (χ0v) is 13.5. The zero-order valence-electron chi connectivity index (χ0n) is 12.7. The molecule has 0 amide bonds. The third-order valence-corrected chi connectivity index (χ3v) is 4.44. The molecule has 118 valence electrons. The molecule has 0 aliphatic carbocycles. The van der Waals surface area contributed by atoms with Crippen molar-refractivity contribution in [3.8, 4) is 11.4 Å². The topological polar surface area (TPSA) is 67.1 Å². The van der Waals surface area contributed by atoms with E-state index in [2.05, 4.69) is 32.5 Å². The van der Waals surface area contributed by atoms with E-state index >= 15 is 0 Å². The molecule has 1 fully saturated rings. The summed E-state index contributed by atoms with van der Waals surface area (Å²) >= 11 is 6.09. The Morgan fingerprint density at radius 3 is 3.00 bits per heavy atom. The van der Waals surface area contributed by atoms with Crippen molar-refractivity contribution in [1.29, 1.82) is 0 Å². The number of halogens is 1. The molecule has 6 nitrogen and oxygen atoms in total. The molecule has 23 heavy (non-hydrogen) atoms. The molecule has 0 bridgehead atoms. The van der Waals surface area contributed by atoms with Gasteiger partial charge in [-0.05, 0) is 24.6 Å². The largest absolute Gasteiger partial charge is 0.364 e. The van der Waals surface area contributed by atoms with Crippen LogP contribution in [0, 0.1) is 5.92 Å². The second kappa shape index (κ2) is 5.79. The van der Waals surface area contributed by atoms with E-state index in [4.69, 9.17) is 11.6 Å². The van der Waals surface area contributed by atoms with Gasteiger partial charge < -0.3 is 10.6 Å². The molecule has 0 spiro atoms. The van der Waals surface area contributed by atoms with Crippen LogP contribution in [0.5, 0.6) is 0 Å². The Kier molecular flexibility index (Phi) is 3.63. The van der Waals surface area contributed by atoms with Crippen molar-refractivity contribution in [3.63, 3.8) is 0 Å². The number of rotatable bonds is 3. The molecule has 3 aromatic heterocycles. The van der Waals surface area contributed by atoms with Crippen molar-refractivity contribution < 1.29 is 0 Å². The van der Waals surface area contributed by atoms with E-state index in [9.17, 15) is 0 Å². The normalized spacial score (nSPS) is 21.0. The van der Waals surface area contributed by atoms with Gasteiger partial charge >= 0.3 is 0 Å². The second-order valence-electron chi connectivity index (χ2n) is 5.89. The summed E-state index contributed by atoms with van der Waals surface area (Å²) in [6.45, 7) is 4.19. The van der Waals surface area contributed by atoms with Gasteiger partial charge in [-0.2, -0.15) is 0 Å². The standard InChI is InChI=1S/C16H17ClN6/c1-10-4-18-5-12(10)21-15-8-19-6-13(22-15)14-7-20-16-3-2-11(17)9-23(14)16/h2-3,6-10,12,18H,4-5H2,1H3,(H,21,22). The molecular weight excluding hydrogens is 312 g/mol. The fourth-order valence-corrected chi connectivity index (χ4v) is 3.06. The summed E-state index contributed by atoms with van der Waals surface area (Å²) in [5.74, 6) is 1.34. The molecule has 0 saturated carbocycles. The quantitative estimate of drug-likeness (QED) is 0.773. The molecular formula is C16H17ClN6. The Morgan fingerprint density at radius 1 is 1.26 bits per heavy atom. The number of nitrogens with one attached hydrogen (secondary N) is 2. The first-order valence-corrected chi connectivity index (χ1v) is 8.01. The average molecular weight is 329 g/mol. The van der Waals surface area contributed by atoms with E-state index in [0.29, 0.717) is 17.0 Å². The monoisotopic (exact) mass is 328 g/mol. The van der Waals surface area contributed by atoms with Gasteiger partial charge in [0.25, 0.3) is 0 Å². The third kappa shape index (κ3) is 2.75. The van der Waals surface area contributed by atoms with Crippen molar-refractivity contribution in [1.82, 2.24) is 24.7 Å². The van der Waals surface area contributed by atoms with E-state index < -0.39 is 0 Å². The van der Waals surface area contributed by atoms with Gasteiger partial charge in [0, 0.05) is 18.8 Å². The van der Waals surface area contributed by atoms with Crippen LogP contribution in [0.1, 0.15) is 6.92 Å². The Morgan fingerprint density at radius 2 is 2.17 bits per heavy atom. The van der Waals surface area contributed by atoms with Gasteiger partial charge in [0.05, 0.1) is 29.3 Å². The average Bonchev–Trinajstić information content (AvgIpc) is 3.14. The number of fused-ring (bicyclic) bond motifs is 1. The number of anilines is 1. The maximum atomic E-state index is 6.09. The molecule has 4 heterocycles. The second-order valence-corrected chi connectivity index (χ2v) is 6.33. The maximum absolute atomic E-state index is 6.09. The summed E-state index contributed by atoms with van der Waals surface area (Å²) in [6.07, 6.45) is 7.12. The van der Waals surface area contributed by atoms with Crippen LogP contribution in [0.4, 0.5) is 5.82 Å². The van der Waals surface area contributed by atoms with Crippen molar-refractivity contribution in [2.45, 2.75) is 13.0 Å². The Bertz CT molecular complexity index is 845. The van der Waals surface area contributed by atoms with Gasteiger partial charge in [0.15, 0.2) is 0 Å². The highest BCUT2D eigenvalue weighted by atomic mass is 35.5. The first-order valence-electron chi connectivity index (χ1n) is 7.63. The van der Waals surface area contributed by atoms with E-state index in [1.165, 1.54) is 0 Å². The number of pyridine rings is 1. The first kappa shape index (κ1) is 14.4. The van der Waals surface area contributed by atoms with E-state index in [1.54, 1.807) is 18.6 Å². The van der Waals surface area contributed by atoms with Crippen molar-refractivity contribution in [2.75, 3.05) is 18.4 Å². The number of aromatic nitrogens is 4. The summed E-state index contributed by atoms with van der Waals surface area (Å²) < 4.78 is 1.93. The Hall–Kier alpha value is -2.18. The van der Waals surface area contributed by atoms with Crippen molar-refractivity contribution in [2.24, 2.45) is 5.92 Å². The summed E-state index contributed by atoms with van der Waals surface area (Å²) in [4.78, 5) is 13.4. The predicted octanol–water partition coefficient (Wildman–Crippen LogP) is 2.46. The fraction of sp³-hybridized carbons (Fsp3) is 0.312. The van der Waals surface area contributed by atoms with Gasteiger partial charge in [-0.15, -0.1) is 0 Å². The summed E-state index contributed by atoms with van der Waals surface area (Å²) in [6, 6.07) is 4.08. The first-order chi connectivity index (χ1) is 11.2. The highest BCUT2D eigenvalue weighted by Gasteiger charge is 2.23. The SMILES string of the molecule is CC1CNCC1Nc1cncc(-c2cnc3ccc(Cl)cn23)n1. The molecule has 2 atom stereocenters. The third-order valence-electron chi connectivity index (χ3n) is 4.22. The lowest BCUT2D eigenvalue weighted by Gasteiger charge is -2.16. The van der Waals surface area contributed by atoms with Crippen molar-refractivity contribution in [3.05, 3.63) is 41.9 Å². The summed E-state index contributed by atoms with van der Waals surface area (Å²) in [7, 11) is 0. The van der Waals surface area contributed by atoms with Gasteiger partial charge in [-0.25, -0.2) is 9.97 Å². The van der Waals surface area contributed by atoms with Crippen LogP contribution in [0.3, 0.4) is 0 Å². The number of imidazole rings is 1. The molecule has 2 N–H and O–H groups in total. The van der Waals surface area contributed by atoms with Crippen LogP contribution in [-0.4, -0.2) is 38.5 Å². The molecule has 1 saturated heterocycles. The van der Waals surface area contributed by atoms with Gasteiger partial charge in [-0.1, -0.05) is 18.5 Å². The zero-order chi connectivity index (χ0) is 15.8. The molecule has 4 rings (SSSR count). The minimum atomic E-state index is 0.371. The van der Waals surface area contributed by atoms with Crippen LogP contribution in [0.2, 0.25) is 5.02 Å². The fourth-order valence-electron chi connectivity index (χ4n) is 2.90. The summed E-state index contributed by atoms with van der Waals surface area (Å²) in [5.41, 5.74) is 2.47. The van der Waals surface area contributed by atoms with Crippen LogP contribution in [-0.2, 0) is 0 Å². The van der Waals surface area contributed by atoms with Gasteiger partial charge in [-0.3, -0.25) is 9.38 Å². The molecule has 1 aliphatic rings. The Labute approximate surface area is 138 Å². The van der Waals surface area contributed by atoms with E-state index in [0.717, 1.165) is 35.9 Å². The lowest BCUT2D eigenvalue weighted by atomic mass is 10.1. The molecule has 1 aliphatic heterocycles. The lowest BCUT2D eigenvalue weighted by molar-refractivity contribution is 0.593. The minimum Gasteiger partial charge on any atom is -0.364 e. The molecule has 7 heteroatoms. The van der Waals surface area contributed by atoms with E-state index in [-0.39, 0.29) is 0 Å². The minimum absolute atomic E-state index is 0.371. The number of hydrogen-bond acceptors (Lipinski definition) is 5. The molecule has 3 aromatic rings. The number of hydrogen-bond donors (Lipinski definition) is 2. The van der Waals surface area contributed by atoms with Gasteiger partial charge in [0.2, 0.25) is 0 Å². The van der Waals surface area contributed by atoms with Crippen LogP contribution >= 0.6 is 11.6 Å². The maximum Gasteiger partial charge on any atom is 0.145 e. The predicted molar refractivity (Wildman–Crippen MR) is 90.7 cm³/mol. The summed E-state index contributed by atoms with van der Waals surface area (Å²) in [5, 5.41) is 7.49. The molecule has 2 unspecified atom stereocenters. The highest BCUT2D eigenvalue weighted by Crippen LogP contribution is 2.22. The van der Waals surface area contributed by atoms with Crippen LogP contribution in [0.25, 0.3) is 17.0 Å². The number of nitrogens with zero attached hydrogens (tertiary/aromatic N) is 4. The molecule has 0 radical (unpaired) electrons. The highest BCUT2D eigenvalue weighted by molar-refractivity contribution is 6.30. The lowest BCUT2D eigenvalue weighted by Crippen LogP contribution is -2.27. The van der Waals surface area contributed by atoms with E-state index in [1.807, 2.05) is 22.7 Å². The van der Waals surface area contributed by atoms with Gasteiger partial charge in [0.1, 0.15) is 17.2 Å². The van der Waals surface area contributed by atoms with Crippen molar-refractivity contribution >= 4 is 23.1 Å². The smallest absolute Gasteiger partial charge is 0.145 e. The van der Waals surface area contributed by atoms with Crippen LogP contribution < -0.4 is 10.6 Å². The molecule has 0 aromatic carbocycles. The van der Waals surface area contributed by atoms with Crippen LogP contribution in [0.15, 0.2) is 36.9 Å².